The van der Waals surface area contributed by atoms with Crippen LogP contribution in [0, 0.1) is 12.7 Å². The van der Waals surface area contributed by atoms with E-state index in [4.69, 9.17) is 9.15 Å². The lowest BCUT2D eigenvalue weighted by Crippen LogP contribution is -2.31. The number of halogens is 4. The maximum absolute atomic E-state index is 15.0. The predicted molar refractivity (Wildman–Crippen MR) is 150 cm³/mol. The van der Waals surface area contributed by atoms with Crippen molar-refractivity contribution in [2.45, 2.75) is 19.9 Å². The van der Waals surface area contributed by atoms with Gasteiger partial charge < -0.3 is 19.2 Å². The summed E-state index contributed by atoms with van der Waals surface area (Å²) >= 11 is 1.08. The molecule has 0 saturated carbocycles. The van der Waals surface area contributed by atoms with Crippen molar-refractivity contribution >= 4 is 40.2 Å². The summed E-state index contributed by atoms with van der Waals surface area (Å²) in [5.41, 5.74) is 2.49. The molecule has 1 aliphatic rings. The molecule has 10 nitrogen and oxygen atoms in total. The Morgan fingerprint density at radius 2 is 1.77 bits per heavy atom. The summed E-state index contributed by atoms with van der Waals surface area (Å²) < 4.78 is 66.7. The number of thioether (sulfide) groups is 1. The number of aryl methyl sites for hydroxylation is 1. The standard InChI is InChI=1S/C28H21F4N5O5S/c1-15-3-4-18(13-40-2)22(11-15)37-23(38)14-43-27(37)34-26(39)33-21-10-7-17(12-20(21)29)25-36-35-24(41-25)16-5-8-19(9-6-16)42-28(30,31)32/h3-12H,13-14H2,1-2H3,(H,33,39). The van der Waals surface area contributed by atoms with E-state index in [1.807, 2.05) is 19.1 Å². The topological polar surface area (TPSA) is 119 Å². The van der Waals surface area contributed by atoms with Gasteiger partial charge in [-0.2, -0.15) is 4.99 Å². The number of carbonyl (C=O) groups is 2. The molecular formula is C28H21F4N5O5S. The fourth-order valence-electron chi connectivity index (χ4n) is 4.08. The van der Waals surface area contributed by atoms with Crippen LogP contribution in [-0.4, -0.2) is 46.5 Å². The third-order valence-corrected chi connectivity index (χ3v) is 6.88. The zero-order chi connectivity index (χ0) is 30.7. The van der Waals surface area contributed by atoms with Crippen LogP contribution in [0.1, 0.15) is 11.1 Å². The second-order valence-corrected chi connectivity index (χ2v) is 10.0. The summed E-state index contributed by atoms with van der Waals surface area (Å²) in [7, 11) is 1.53. The molecule has 3 amide bonds. The number of anilines is 2. The van der Waals surface area contributed by atoms with E-state index in [2.05, 4.69) is 25.2 Å². The molecule has 0 bridgehead atoms. The second kappa shape index (κ2) is 12.2. The second-order valence-electron chi connectivity index (χ2n) is 9.09. The molecule has 1 N–H and O–H groups in total. The molecule has 0 spiro atoms. The molecule has 43 heavy (non-hydrogen) atoms. The number of methoxy groups -OCH3 is 1. The number of hydrogen-bond acceptors (Lipinski definition) is 8. The molecule has 1 fully saturated rings. The van der Waals surface area contributed by atoms with Crippen LogP contribution in [0.15, 0.2) is 70.1 Å². The fourth-order valence-corrected chi connectivity index (χ4v) is 4.93. The molecule has 4 aromatic rings. The largest absolute Gasteiger partial charge is 0.573 e. The van der Waals surface area contributed by atoms with Gasteiger partial charge in [-0.3, -0.25) is 9.69 Å². The number of urea groups is 1. The number of benzene rings is 3. The van der Waals surface area contributed by atoms with Crippen molar-refractivity contribution in [3.05, 3.63) is 77.6 Å². The number of aliphatic imine (C=N–C) groups is 1. The Morgan fingerprint density at radius 3 is 2.44 bits per heavy atom. The van der Waals surface area contributed by atoms with Gasteiger partial charge in [0, 0.05) is 23.8 Å². The molecule has 0 unspecified atom stereocenters. The summed E-state index contributed by atoms with van der Waals surface area (Å²) in [6, 6.07) is 13.1. The number of amides is 3. The minimum Gasteiger partial charge on any atom is -0.416 e. The van der Waals surface area contributed by atoms with Crippen molar-refractivity contribution in [2.24, 2.45) is 4.99 Å². The smallest absolute Gasteiger partial charge is 0.416 e. The third kappa shape index (κ3) is 7.01. The number of ether oxygens (including phenoxy) is 2. The number of alkyl halides is 3. The van der Waals surface area contributed by atoms with Crippen molar-refractivity contribution in [1.29, 1.82) is 0 Å². The number of carbonyl (C=O) groups excluding carboxylic acids is 2. The van der Waals surface area contributed by atoms with Crippen molar-refractivity contribution in [3.8, 4) is 28.7 Å². The van der Waals surface area contributed by atoms with Crippen LogP contribution in [-0.2, 0) is 16.1 Å². The van der Waals surface area contributed by atoms with E-state index in [1.54, 1.807) is 6.07 Å². The summed E-state index contributed by atoms with van der Waals surface area (Å²) in [6.07, 6.45) is -4.83. The number of nitrogens with zero attached hydrogens (tertiary/aromatic N) is 4. The van der Waals surface area contributed by atoms with E-state index in [0.717, 1.165) is 41.1 Å². The molecule has 2 heterocycles. The number of nitrogens with one attached hydrogen (secondary N) is 1. The normalized spacial score (nSPS) is 14.4. The van der Waals surface area contributed by atoms with Crippen LogP contribution < -0.4 is 15.0 Å². The minimum atomic E-state index is -4.83. The van der Waals surface area contributed by atoms with Crippen LogP contribution >= 0.6 is 11.8 Å². The van der Waals surface area contributed by atoms with E-state index in [-0.39, 0.29) is 46.5 Å². The van der Waals surface area contributed by atoms with Crippen LogP contribution in [0.2, 0.25) is 0 Å². The molecule has 1 saturated heterocycles. The molecule has 0 atom stereocenters. The lowest BCUT2D eigenvalue weighted by molar-refractivity contribution is -0.274. The summed E-state index contributed by atoms with van der Waals surface area (Å²) in [5.74, 6) is -1.51. The highest BCUT2D eigenvalue weighted by molar-refractivity contribution is 8.15. The number of hydrogen-bond donors (Lipinski definition) is 1. The van der Waals surface area contributed by atoms with E-state index >= 15 is 0 Å². The Kier molecular flexibility index (Phi) is 8.45. The quantitative estimate of drug-likeness (QED) is 0.232. The van der Waals surface area contributed by atoms with Gasteiger partial charge in [0.2, 0.25) is 17.7 Å². The maximum Gasteiger partial charge on any atom is 0.573 e. The molecule has 0 radical (unpaired) electrons. The van der Waals surface area contributed by atoms with Gasteiger partial charge in [-0.1, -0.05) is 23.9 Å². The van der Waals surface area contributed by atoms with Crippen LogP contribution in [0.3, 0.4) is 0 Å². The van der Waals surface area contributed by atoms with Gasteiger partial charge in [-0.15, -0.1) is 23.4 Å². The van der Waals surface area contributed by atoms with Gasteiger partial charge >= 0.3 is 12.4 Å². The zero-order valence-corrected chi connectivity index (χ0v) is 23.3. The fraction of sp³-hybridized carbons (Fsp3) is 0.179. The molecular weight excluding hydrogens is 594 g/mol. The summed E-state index contributed by atoms with van der Waals surface area (Å²) in [4.78, 5) is 30.8. The summed E-state index contributed by atoms with van der Waals surface area (Å²) in [6.45, 7) is 2.11. The Hall–Kier alpha value is -4.76. The lowest BCUT2D eigenvalue weighted by Gasteiger charge is -2.20. The number of aromatic nitrogens is 2. The molecule has 15 heteroatoms. The molecule has 5 rings (SSSR count). The third-order valence-electron chi connectivity index (χ3n) is 5.96. The van der Waals surface area contributed by atoms with Gasteiger partial charge in [0.25, 0.3) is 0 Å². The average Bonchev–Trinajstić information content (AvgIpc) is 3.58. The average molecular weight is 616 g/mol. The van der Waals surface area contributed by atoms with E-state index in [0.29, 0.717) is 11.3 Å². The van der Waals surface area contributed by atoms with Crippen LogP contribution in [0.25, 0.3) is 22.9 Å². The van der Waals surface area contributed by atoms with Crippen molar-refractivity contribution in [1.82, 2.24) is 10.2 Å². The molecule has 1 aromatic heterocycles. The zero-order valence-electron chi connectivity index (χ0n) is 22.4. The maximum atomic E-state index is 15.0. The van der Waals surface area contributed by atoms with Gasteiger partial charge in [-0.25, -0.2) is 9.18 Å². The Balaban J connectivity index is 1.30. The van der Waals surface area contributed by atoms with E-state index in [9.17, 15) is 27.2 Å². The summed E-state index contributed by atoms with van der Waals surface area (Å²) in [5, 5.41) is 10.2. The van der Waals surface area contributed by atoms with Gasteiger partial charge in [-0.05, 0) is 61.0 Å². The van der Waals surface area contributed by atoms with Gasteiger partial charge in [0.1, 0.15) is 11.6 Å². The van der Waals surface area contributed by atoms with Crippen molar-refractivity contribution < 1.29 is 41.0 Å². The Morgan fingerprint density at radius 1 is 1.07 bits per heavy atom. The molecule has 1 aliphatic heterocycles. The lowest BCUT2D eigenvalue weighted by atomic mass is 10.1. The predicted octanol–water partition coefficient (Wildman–Crippen LogP) is 6.56. The highest BCUT2D eigenvalue weighted by Gasteiger charge is 2.32. The van der Waals surface area contributed by atoms with Crippen LogP contribution in [0.5, 0.6) is 5.75 Å². The van der Waals surface area contributed by atoms with Crippen molar-refractivity contribution in [3.63, 3.8) is 0 Å². The highest BCUT2D eigenvalue weighted by Crippen LogP contribution is 2.32. The molecule has 222 valence electrons. The monoisotopic (exact) mass is 615 g/mol. The van der Waals surface area contributed by atoms with E-state index < -0.39 is 24.0 Å². The van der Waals surface area contributed by atoms with Crippen LogP contribution in [0.4, 0.5) is 33.7 Å². The first kappa shape index (κ1) is 29.7. The first-order chi connectivity index (χ1) is 20.5. The number of amidine groups is 1. The number of rotatable bonds is 7. The minimum absolute atomic E-state index is 0.0161. The van der Waals surface area contributed by atoms with Crippen molar-refractivity contribution in [2.75, 3.05) is 23.1 Å². The van der Waals surface area contributed by atoms with Gasteiger partial charge in [0.05, 0.1) is 23.7 Å². The first-order valence-electron chi connectivity index (χ1n) is 12.4. The van der Waals surface area contributed by atoms with Gasteiger partial charge in [0.15, 0.2) is 5.17 Å². The van der Waals surface area contributed by atoms with E-state index in [1.165, 1.54) is 36.3 Å². The molecule has 3 aromatic carbocycles. The molecule has 0 aliphatic carbocycles. The Labute approximate surface area is 245 Å². The Bertz CT molecular complexity index is 1710. The highest BCUT2D eigenvalue weighted by atomic mass is 32.2. The first-order valence-corrected chi connectivity index (χ1v) is 13.4. The SMILES string of the molecule is COCc1ccc(C)cc1N1C(=O)CSC1=NC(=O)Nc1ccc(-c2nnc(-c3ccc(OC(F)(F)F)cc3)o2)cc1F.